The maximum absolute atomic E-state index is 9.41. The highest BCUT2D eigenvalue weighted by Crippen LogP contribution is 2.35. The summed E-state index contributed by atoms with van der Waals surface area (Å²) in [6.45, 7) is 4.48. The Hall–Kier alpha value is -1.02. The van der Waals surface area contributed by atoms with E-state index in [1.807, 2.05) is 12.1 Å². The van der Waals surface area contributed by atoms with E-state index in [0.717, 1.165) is 25.0 Å². The molecule has 0 saturated carbocycles. The van der Waals surface area contributed by atoms with Crippen LogP contribution < -0.4 is 4.74 Å². The minimum Gasteiger partial charge on any atom is -0.490 e. The van der Waals surface area contributed by atoms with Gasteiger partial charge in [0.1, 0.15) is 11.9 Å². The normalized spacial score (nSPS) is 22.3. The Morgan fingerprint density at radius 2 is 2.19 bits per heavy atom. The van der Waals surface area contributed by atoms with Crippen molar-refractivity contribution in [3.63, 3.8) is 0 Å². The molecule has 2 unspecified atom stereocenters. The molecule has 2 rings (SSSR count). The van der Waals surface area contributed by atoms with Crippen LogP contribution in [0.1, 0.15) is 32.3 Å². The molecule has 0 amide bonds. The Bertz CT molecular complexity index is 331. The average molecular weight is 220 g/mol. The Labute approximate surface area is 97.3 Å². The summed E-state index contributed by atoms with van der Waals surface area (Å²) >= 11 is 0. The van der Waals surface area contributed by atoms with Crippen molar-refractivity contribution < 1.29 is 9.84 Å². The number of fused-ring (bicyclic) bond motifs is 1. The van der Waals surface area contributed by atoms with Crippen molar-refractivity contribution in [2.24, 2.45) is 5.41 Å². The molecule has 0 saturated heterocycles. The third kappa shape index (κ3) is 2.22. The van der Waals surface area contributed by atoms with E-state index in [4.69, 9.17) is 4.74 Å². The van der Waals surface area contributed by atoms with Gasteiger partial charge in [0, 0.05) is 13.0 Å². The molecule has 0 aliphatic carbocycles. The van der Waals surface area contributed by atoms with Gasteiger partial charge in [0.05, 0.1) is 0 Å². The van der Waals surface area contributed by atoms with Gasteiger partial charge in [0.2, 0.25) is 0 Å². The molecule has 1 aliphatic rings. The molecule has 0 aromatic heterocycles. The predicted molar refractivity (Wildman–Crippen MR) is 64.7 cm³/mol. The van der Waals surface area contributed by atoms with Crippen LogP contribution in [0.4, 0.5) is 0 Å². The molecule has 1 aromatic rings. The highest BCUT2D eigenvalue weighted by Gasteiger charge is 2.30. The molecule has 0 bridgehead atoms. The number of rotatable bonds is 4. The monoisotopic (exact) mass is 220 g/mol. The molecule has 16 heavy (non-hydrogen) atoms. The Balaban J connectivity index is 2.02. The number of aliphatic hydroxyl groups is 1. The van der Waals surface area contributed by atoms with Crippen molar-refractivity contribution in [2.45, 2.75) is 39.2 Å². The van der Waals surface area contributed by atoms with Crippen LogP contribution in [-0.2, 0) is 6.42 Å². The highest BCUT2D eigenvalue weighted by atomic mass is 16.5. The first-order valence-corrected chi connectivity index (χ1v) is 6.02. The maximum atomic E-state index is 9.41. The van der Waals surface area contributed by atoms with Crippen LogP contribution >= 0.6 is 0 Å². The van der Waals surface area contributed by atoms with E-state index in [9.17, 15) is 5.11 Å². The smallest absolute Gasteiger partial charge is 0.123 e. The molecule has 0 fully saturated rings. The van der Waals surface area contributed by atoms with Gasteiger partial charge in [-0.25, -0.2) is 0 Å². The number of hydrogen-bond donors (Lipinski definition) is 1. The van der Waals surface area contributed by atoms with E-state index in [1.165, 1.54) is 5.56 Å². The van der Waals surface area contributed by atoms with Gasteiger partial charge in [0.25, 0.3) is 0 Å². The Morgan fingerprint density at radius 3 is 2.81 bits per heavy atom. The zero-order valence-electron chi connectivity index (χ0n) is 10.1. The lowest BCUT2D eigenvalue weighted by molar-refractivity contribution is 0.0794. The van der Waals surface area contributed by atoms with Gasteiger partial charge in [-0.3, -0.25) is 0 Å². The summed E-state index contributed by atoms with van der Waals surface area (Å²) in [6, 6.07) is 8.21. The van der Waals surface area contributed by atoms with Crippen LogP contribution in [0, 0.1) is 5.41 Å². The predicted octanol–water partition coefficient (Wildman–Crippen LogP) is 2.79. The first-order valence-electron chi connectivity index (χ1n) is 6.02. The summed E-state index contributed by atoms with van der Waals surface area (Å²) < 4.78 is 5.90. The van der Waals surface area contributed by atoms with E-state index >= 15 is 0 Å². The second-order valence-electron chi connectivity index (χ2n) is 5.08. The minimum atomic E-state index is -0.00723. The van der Waals surface area contributed by atoms with Crippen molar-refractivity contribution in [1.82, 2.24) is 0 Å². The second kappa shape index (κ2) is 4.46. The van der Waals surface area contributed by atoms with Gasteiger partial charge in [-0.1, -0.05) is 32.0 Å². The highest BCUT2D eigenvalue weighted by molar-refractivity contribution is 5.37. The van der Waals surface area contributed by atoms with Gasteiger partial charge in [-0.15, -0.1) is 0 Å². The maximum Gasteiger partial charge on any atom is 0.123 e. The van der Waals surface area contributed by atoms with Gasteiger partial charge in [-0.05, 0) is 29.9 Å². The molecule has 1 N–H and O–H groups in total. The fourth-order valence-corrected chi connectivity index (χ4v) is 2.24. The summed E-state index contributed by atoms with van der Waals surface area (Å²) in [5.74, 6) is 1.02. The first-order chi connectivity index (χ1) is 7.67. The molecule has 1 heterocycles. The number of para-hydroxylation sites is 1. The third-order valence-corrected chi connectivity index (χ3v) is 3.67. The van der Waals surface area contributed by atoms with Crippen LogP contribution in [-0.4, -0.2) is 17.8 Å². The number of aliphatic hydroxyl groups excluding tert-OH is 1. The largest absolute Gasteiger partial charge is 0.490 e. The topological polar surface area (TPSA) is 29.5 Å². The van der Waals surface area contributed by atoms with Gasteiger partial charge < -0.3 is 9.84 Å². The van der Waals surface area contributed by atoms with Crippen molar-refractivity contribution in [2.75, 3.05) is 6.61 Å². The minimum absolute atomic E-state index is 0.00723. The van der Waals surface area contributed by atoms with Crippen LogP contribution in [0.15, 0.2) is 24.3 Å². The molecule has 0 radical (unpaired) electrons. The molecule has 1 aromatic carbocycles. The standard InChI is InChI=1S/C14H20O2/c1-3-14(2,10-15)9-12-8-11-6-4-5-7-13(11)16-12/h4-7,12,15H,3,8-10H2,1-2H3. The molecule has 2 nitrogen and oxygen atoms in total. The summed E-state index contributed by atoms with van der Waals surface area (Å²) in [5, 5.41) is 9.41. The molecular formula is C14H20O2. The van der Waals surface area contributed by atoms with Crippen LogP contribution in [0.5, 0.6) is 5.75 Å². The number of ether oxygens (including phenoxy) is 1. The molecule has 88 valence electrons. The first kappa shape index (κ1) is 11.5. The van der Waals surface area contributed by atoms with Gasteiger partial charge in [-0.2, -0.15) is 0 Å². The van der Waals surface area contributed by atoms with E-state index in [2.05, 4.69) is 26.0 Å². The number of benzene rings is 1. The summed E-state index contributed by atoms with van der Waals surface area (Å²) in [6.07, 6.45) is 3.12. The van der Waals surface area contributed by atoms with E-state index in [1.54, 1.807) is 0 Å². The van der Waals surface area contributed by atoms with E-state index in [0.29, 0.717) is 0 Å². The van der Waals surface area contributed by atoms with Gasteiger partial charge in [0.15, 0.2) is 0 Å². The zero-order chi connectivity index (χ0) is 11.6. The van der Waals surface area contributed by atoms with Crippen LogP contribution in [0.25, 0.3) is 0 Å². The summed E-state index contributed by atoms with van der Waals surface area (Å²) in [5.41, 5.74) is 1.29. The fourth-order valence-electron chi connectivity index (χ4n) is 2.24. The quantitative estimate of drug-likeness (QED) is 0.845. The lowest BCUT2D eigenvalue weighted by Crippen LogP contribution is -2.28. The summed E-state index contributed by atoms with van der Waals surface area (Å²) in [4.78, 5) is 0. The van der Waals surface area contributed by atoms with Crippen LogP contribution in [0.3, 0.4) is 0 Å². The molecule has 1 aliphatic heterocycles. The fraction of sp³-hybridized carbons (Fsp3) is 0.571. The third-order valence-electron chi connectivity index (χ3n) is 3.67. The van der Waals surface area contributed by atoms with Crippen molar-refractivity contribution in [1.29, 1.82) is 0 Å². The Morgan fingerprint density at radius 1 is 1.44 bits per heavy atom. The number of hydrogen-bond acceptors (Lipinski definition) is 2. The van der Waals surface area contributed by atoms with Crippen molar-refractivity contribution >= 4 is 0 Å². The summed E-state index contributed by atoms with van der Waals surface area (Å²) in [7, 11) is 0. The Kier molecular flexibility index (Phi) is 3.20. The van der Waals surface area contributed by atoms with E-state index in [-0.39, 0.29) is 18.1 Å². The van der Waals surface area contributed by atoms with E-state index < -0.39 is 0 Å². The van der Waals surface area contributed by atoms with Crippen molar-refractivity contribution in [3.8, 4) is 5.75 Å². The molecule has 0 spiro atoms. The molecular weight excluding hydrogens is 200 g/mol. The molecule has 2 heteroatoms. The lowest BCUT2D eigenvalue weighted by atomic mass is 9.82. The lowest BCUT2D eigenvalue weighted by Gasteiger charge is -2.28. The van der Waals surface area contributed by atoms with Crippen molar-refractivity contribution in [3.05, 3.63) is 29.8 Å². The van der Waals surface area contributed by atoms with Gasteiger partial charge >= 0.3 is 0 Å². The second-order valence-corrected chi connectivity index (χ2v) is 5.08. The zero-order valence-corrected chi connectivity index (χ0v) is 10.1. The molecule has 2 atom stereocenters. The van der Waals surface area contributed by atoms with Crippen LogP contribution in [0.2, 0.25) is 0 Å². The SMILES string of the molecule is CCC(C)(CO)CC1Cc2ccccc2O1. The average Bonchev–Trinajstić information content (AvgIpc) is 2.70.